The molecule has 0 heterocycles. The Morgan fingerprint density at radius 1 is 1.08 bits per heavy atom. The maximum absolute atomic E-state index is 12.2. The van der Waals surface area contributed by atoms with Crippen LogP contribution >= 0.6 is 23.2 Å². The maximum atomic E-state index is 12.2. The van der Waals surface area contributed by atoms with Crippen molar-refractivity contribution < 1.29 is 13.2 Å². The van der Waals surface area contributed by atoms with E-state index < -0.39 is 9.84 Å². The number of nitrogens with one attached hydrogen (secondary N) is 1. The van der Waals surface area contributed by atoms with Gasteiger partial charge in [-0.3, -0.25) is 4.79 Å². The van der Waals surface area contributed by atoms with Crippen LogP contribution < -0.4 is 5.32 Å². The van der Waals surface area contributed by atoms with E-state index in [2.05, 4.69) is 5.32 Å². The monoisotopic (exact) mass is 399 g/mol. The molecule has 4 nitrogen and oxygen atoms in total. The highest BCUT2D eigenvalue weighted by atomic mass is 35.5. The molecule has 2 aromatic rings. The molecule has 0 radical (unpaired) electrons. The van der Waals surface area contributed by atoms with E-state index in [1.807, 2.05) is 13.0 Å². The molecule has 1 N–H and O–H groups in total. The molecule has 0 aliphatic carbocycles. The summed E-state index contributed by atoms with van der Waals surface area (Å²) in [7, 11) is -3.46. The number of benzene rings is 2. The highest BCUT2D eigenvalue weighted by Gasteiger charge is 2.16. The third kappa shape index (κ3) is 5.73. The van der Waals surface area contributed by atoms with Gasteiger partial charge in [0.2, 0.25) is 5.91 Å². The summed E-state index contributed by atoms with van der Waals surface area (Å²) in [6.45, 7) is 2.25. The lowest BCUT2D eigenvalue weighted by molar-refractivity contribution is -0.120. The van der Waals surface area contributed by atoms with E-state index in [9.17, 15) is 13.2 Å². The van der Waals surface area contributed by atoms with E-state index in [1.165, 1.54) is 0 Å². The fraction of sp³-hybridized carbons (Fsp3) is 0.278. The molecule has 0 atom stereocenters. The minimum absolute atomic E-state index is 0.0838. The molecule has 0 bridgehead atoms. The molecule has 1 amide bonds. The van der Waals surface area contributed by atoms with Crippen molar-refractivity contribution in [1.82, 2.24) is 5.32 Å². The second kappa shape index (κ2) is 8.70. The number of aryl methyl sites for hydroxylation is 1. The van der Waals surface area contributed by atoms with Crippen LogP contribution in [0.3, 0.4) is 0 Å². The van der Waals surface area contributed by atoms with E-state index >= 15 is 0 Å². The van der Waals surface area contributed by atoms with Crippen molar-refractivity contribution in [2.45, 2.75) is 24.7 Å². The lowest BCUT2D eigenvalue weighted by atomic mass is 10.1. The molecule has 0 aromatic heterocycles. The summed E-state index contributed by atoms with van der Waals surface area (Å²) < 4.78 is 24.4. The highest BCUT2D eigenvalue weighted by Crippen LogP contribution is 2.25. The molecule has 2 aromatic carbocycles. The maximum Gasteiger partial charge on any atom is 0.221 e. The molecule has 0 unspecified atom stereocenters. The summed E-state index contributed by atoms with van der Waals surface area (Å²) in [6.07, 6.45) is 0.440. The number of halogens is 2. The zero-order chi connectivity index (χ0) is 18.4. The van der Waals surface area contributed by atoms with Crippen LogP contribution in [0.2, 0.25) is 10.0 Å². The Balaban J connectivity index is 1.82. The van der Waals surface area contributed by atoms with Crippen LogP contribution in [0.4, 0.5) is 0 Å². The first kappa shape index (κ1) is 19.8. The van der Waals surface area contributed by atoms with Crippen LogP contribution in [-0.2, 0) is 21.1 Å². The van der Waals surface area contributed by atoms with Crippen molar-refractivity contribution in [3.05, 3.63) is 63.6 Å². The van der Waals surface area contributed by atoms with Gasteiger partial charge in [0, 0.05) is 13.0 Å². The molecule has 2 rings (SSSR count). The van der Waals surface area contributed by atoms with Gasteiger partial charge in [0.25, 0.3) is 0 Å². The average Bonchev–Trinajstić information content (AvgIpc) is 2.57. The fourth-order valence-electron chi connectivity index (χ4n) is 2.26. The molecule has 134 valence electrons. The average molecular weight is 400 g/mol. The number of rotatable bonds is 7. The summed E-state index contributed by atoms with van der Waals surface area (Å²) in [6, 6.07) is 11.9. The molecule has 7 heteroatoms. The van der Waals surface area contributed by atoms with Crippen LogP contribution in [0.25, 0.3) is 0 Å². The second-order valence-corrected chi connectivity index (χ2v) is 8.59. The first-order valence-corrected chi connectivity index (χ1v) is 10.2. The number of carbonyl (C=O) groups excluding carboxylic acids is 1. The topological polar surface area (TPSA) is 63.2 Å². The van der Waals surface area contributed by atoms with Crippen LogP contribution in [0.15, 0.2) is 47.4 Å². The SMILES string of the molecule is Cc1ccc(S(=O)(=O)CCC(=O)NCCc2cccc(Cl)c2Cl)cc1. The largest absolute Gasteiger partial charge is 0.356 e. The Hall–Kier alpha value is -1.56. The van der Waals surface area contributed by atoms with Crippen molar-refractivity contribution in [1.29, 1.82) is 0 Å². The van der Waals surface area contributed by atoms with Gasteiger partial charge in [-0.05, 0) is 37.1 Å². The van der Waals surface area contributed by atoms with E-state index in [0.29, 0.717) is 23.0 Å². The minimum atomic E-state index is -3.46. The first-order chi connectivity index (χ1) is 11.8. The Morgan fingerprint density at radius 2 is 1.76 bits per heavy atom. The Bertz CT molecular complexity index is 849. The summed E-state index contributed by atoms with van der Waals surface area (Å²) in [4.78, 5) is 12.1. The van der Waals surface area contributed by atoms with E-state index in [4.69, 9.17) is 23.2 Å². The van der Waals surface area contributed by atoms with Crippen LogP contribution in [-0.4, -0.2) is 26.6 Å². The Labute approximate surface area is 158 Å². The van der Waals surface area contributed by atoms with Gasteiger partial charge >= 0.3 is 0 Å². The molecule has 0 saturated carbocycles. The second-order valence-electron chi connectivity index (χ2n) is 5.69. The number of sulfone groups is 1. The third-order valence-electron chi connectivity index (χ3n) is 3.73. The number of hydrogen-bond donors (Lipinski definition) is 1. The van der Waals surface area contributed by atoms with E-state index in [1.54, 1.807) is 36.4 Å². The lowest BCUT2D eigenvalue weighted by Gasteiger charge is -2.08. The van der Waals surface area contributed by atoms with Crippen molar-refractivity contribution in [2.24, 2.45) is 0 Å². The smallest absolute Gasteiger partial charge is 0.221 e. The molecule has 0 aliphatic rings. The lowest BCUT2D eigenvalue weighted by Crippen LogP contribution is -2.27. The zero-order valence-corrected chi connectivity index (χ0v) is 16.1. The van der Waals surface area contributed by atoms with Crippen LogP contribution in [0.1, 0.15) is 17.5 Å². The normalized spacial score (nSPS) is 11.3. The number of hydrogen-bond acceptors (Lipinski definition) is 3. The predicted molar refractivity (Wildman–Crippen MR) is 101 cm³/mol. The van der Waals surface area contributed by atoms with Crippen LogP contribution in [0.5, 0.6) is 0 Å². The zero-order valence-electron chi connectivity index (χ0n) is 13.8. The predicted octanol–water partition coefficient (Wildman–Crippen LogP) is 3.82. The molecule has 0 fully saturated rings. The van der Waals surface area contributed by atoms with Crippen molar-refractivity contribution in [2.75, 3.05) is 12.3 Å². The van der Waals surface area contributed by atoms with Crippen molar-refractivity contribution >= 4 is 38.9 Å². The van der Waals surface area contributed by atoms with Gasteiger partial charge in [0.15, 0.2) is 9.84 Å². The van der Waals surface area contributed by atoms with Gasteiger partial charge in [-0.15, -0.1) is 0 Å². The summed E-state index contributed by atoms with van der Waals surface area (Å²) in [5.74, 6) is -0.534. The van der Waals surface area contributed by atoms with Crippen molar-refractivity contribution in [3.63, 3.8) is 0 Å². The minimum Gasteiger partial charge on any atom is -0.356 e. The standard InChI is InChI=1S/C18H19Cl2NO3S/c1-13-5-7-15(8-6-13)25(23,24)12-10-17(22)21-11-9-14-3-2-4-16(19)18(14)20/h2-8H,9-12H2,1H3,(H,21,22). The molecule has 0 saturated heterocycles. The number of carbonyl (C=O) groups is 1. The summed E-state index contributed by atoms with van der Waals surface area (Å²) >= 11 is 12.0. The molecular weight excluding hydrogens is 381 g/mol. The van der Waals surface area contributed by atoms with Gasteiger partial charge in [0.1, 0.15) is 0 Å². The van der Waals surface area contributed by atoms with Gasteiger partial charge < -0.3 is 5.32 Å². The number of amides is 1. The molecule has 25 heavy (non-hydrogen) atoms. The third-order valence-corrected chi connectivity index (χ3v) is 6.32. The first-order valence-electron chi connectivity index (χ1n) is 7.78. The van der Waals surface area contributed by atoms with Gasteiger partial charge in [-0.25, -0.2) is 8.42 Å². The Morgan fingerprint density at radius 3 is 2.44 bits per heavy atom. The van der Waals surface area contributed by atoms with E-state index in [-0.39, 0.29) is 23.0 Å². The van der Waals surface area contributed by atoms with Gasteiger partial charge in [-0.1, -0.05) is 53.0 Å². The summed E-state index contributed by atoms with van der Waals surface area (Å²) in [5.41, 5.74) is 1.82. The van der Waals surface area contributed by atoms with Crippen molar-refractivity contribution in [3.8, 4) is 0 Å². The highest BCUT2D eigenvalue weighted by molar-refractivity contribution is 7.91. The molecule has 0 aliphatic heterocycles. The molecular formula is C18H19Cl2NO3S. The Kier molecular flexibility index (Phi) is 6.87. The molecule has 0 spiro atoms. The van der Waals surface area contributed by atoms with Gasteiger partial charge in [0.05, 0.1) is 20.7 Å². The van der Waals surface area contributed by atoms with Crippen LogP contribution in [0, 0.1) is 6.92 Å². The van der Waals surface area contributed by atoms with E-state index in [0.717, 1.165) is 11.1 Å². The van der Waals surface area contributed by atoms with Gasteiger partial charge in [-0.2, -0.15) is 0 Å². The summed E-state index contributed by atoms with van der Waals surface area (Å²) in [5, 5.41) is 3.65. The quantitative estimate of drug-likeness (QED) is 0.769. The fourth-order valence-corrected chi connectivity index (χ4v) is 3.91.